The lowest BCUT2D eigenvalue weighted by molar-refractivity contribution is 0.0816. The van der Waals surface area contributed by atoms with Crippen molar-refractivity contribution in [2.24, 2.45) is 0 Å². The van der Waals surface area contributed by atoms with E-state index in [0.29, 0.717) is 23.6 Å². The maximum Gasteiger partial charge on any atom is 0.270 e. The van der Waals surface area contributed by atoms with E-state index in [2.05, 4.69) is 4.90 Å². The van der Waals surface area contributed by atoms with E-state index in [9.17, 15) is 19.8 Å². The maximum absolute atomic E-state index is 13.4. The molecule has 1 amide bonds. The molecule has 0 radical (unpaired) electrons. The van der Waals surface area contributed by atoms with Gasteiger partial charge in [-0.1, -0.05) is 0 Å². The van der Waals surface area contributed by atoms with Crippen LogP contribution in [-0.4, -0.2) is 78.1 Å². The Labute approximate surface area is 203 Å². The zero-order valence-electron chi connectivity index (χ0n) is 20.5. The van der Waals surface area contributed by atoms with Gasteiger partial charge in [0.15, 0.2) is 5.76 Å². The van der Waals surface area contributed by atoms with Crippen LogP contribution in [0.1, 0.15) is 32.8 Å². The number of ether oxygens (including phenoxy) is 2. The van der Waals surface area contributed by atoms with Gasteiger partial charge < -0.3 is 34.1 Å². The average molecular weight is 480 g/mol. The molecule has 9 heteroatoms. The molecule has 0 bridgehead atoms. The molecule has 0 aliphatic carbocycles. The standard InChI is InChI=1S/C26H29N3O6/c1-27(2)9-6-10-29-19-8-7-16(34-5)13-17(19)18(24(29)26(33)28(3)4)14-22-25(32)23-20(31)11-15(30)12-21(23)35-22/h7-8,11-14,30-31H,6,9-10H2,1-5H3/b22-14-. The van der Waals surface area contributed by atoms with Crippen molar-refractivity contribution in [3.05, 3.63) is 52.9 Å². The van der Waals surface area contributed by atoms with Gasteiger partial charge in [-0.05, 0) is 51.3 Å². The number of methoxy groups -OCH3 is 1. The molecule has 2 N–H and O–H groups in total. The minimum absolute atomic E-state index is 0.0261. The number of ketones is 1. The predicted molar refractivity (Wildman–Crippen MR) is 132 cm³/mol. The molecule has 0 saturated carbocycles. The second kappa shape index (κ2) is 9.34. The summed E-state index contributed by atoms with van der Waals surface area (Å²) in [6.45, 7) is 1.42. The molecular weight excluding hydrogens is 450 g/mol. The van der Waals surface area contributed by atoms with Crippen LogP contribution in [0.5, 0.6) is 23.0 Å². The summed E-state index contributed by atoms with van der Waals surface area (Å²) in [4.78, 5) is 30.1. The number of phenolic OH excluding ortho intramolecular Hbond substituents is 2. The van der Waals surface area contributed by atoms with Crippen LogP contribution in [0.4, 0.5) is 0 Å². The van der Waals surface area contributed by atoms with E-state index in [-0.39, 0.29) is 34.5 Å². The van der Waals surface area contributed by atoms with Crippen molar-refractivity contribution in [2.45, 2.75) is 13.0 Å². The molecule has 0 atom stereocenters. The molecule has 0 fully saturated rings. The Bertz CT molecular complexity index is 1350. The average Bonchev–Trinajstić information content (AvgIpc) is 3.27. The van der Waals surface area contributed by atoms with Crippen molar-refractivity contribution in [1.82, 2.24) is 14.4 Å². The summed E-state index contributed by atoms with van der Waals surface area (Å²) in [5.74, 6) is -0.726. The Kier molecular flexibility index (Phi) is 6.45. The first-order valence-electron chi connectivity index (χ1n) is 11.2. The van der Waals surface area contributed by atoms with E-state index < -0.39 is 5.78 Å². The van der Waals surface area contributed by atoms with Crippen LogP contribution in [0.15, 0.2) is 36.1 Å². The number of aromatic nitrogens is 1. The number of phenols is 2. The highest BCUT2D eigenvalue weighted by Crippen LogP contribution is 2.41. The Morgan fingerprint density at radius 1 is 1.14 bits per heavy atom. The Morgan fingerprint density at radius 3 is 2.54 bits per heavy atom. The first-order chi connectivity index (χ1) is 16.6. The second-order valence-corrected chi connectivity index (χ2v) is 8.93. The van der Waals surface area contributed by atoms with Crippen LogP contribution in [0, 0.1) is 0 Å². The van der Waals surface area contributed by atoms with Gasteiger partial charge in [0.25, 0.3) is 5.91 Å². The number of allylic oxidation sites excluding steroid dienone is 1. The molecule has 0 spiro atoms. The molecule has 35 heavy (non-hydrogen) atoms. The lowest BCUT2D eigenvalue weighted by Gasteiger charge is -2.16. The summed E-state index contributed by atoms with van der Waals surface area (Å²) in [5.41, 5.74) is 1.73. The Morgan fingerprint density at radius 2 is 1.89 bits per heavy atom. The van der Waals surface area contributed by atoms with Crippen LogP contribution >= 0.6 is 0 Å². The lowest BCUT2D eigenvalue weighted by atomic mass is 10.1. The summed E-state index contributed by atoms with van der Waals surface area (Å²) >= 11 is 0. The van der Waals surface area contributed by atoms with Gasteiger partial charge in [-0.2, -0.15) is 0 Å². The highest BCUT2D eigenvalue weighted by atomic mass is 16.5. The number of aryl methyl sites for hydroxylation is 1. The molecule has 4 rings (SSSR count). The third kappa shape index (κ3) is 4.42. The minimum atomic E-state index is -0.530. The summed E-state index contributed by atoms with van der Waals surface area (Å²) in [7, 11) is 8.91. The summed E-state index contributed by atoms with van der Waals surface area (Å²) < 4.78 is 13.1. The summed E-state index contributed by atoms with van der Waals surface area (Å²) in [6, 6.07) is 7.92. The number of Topliss-reactive ketones (excluding diaryl/α,β-unsaturated/α-hetero) is 1. The van der Waals surface area contributed by atoms with E-state index in [1.165, 1.54) is 17.0 Å². The van der Waals surface area contributed by atoms with Gasteiger partial charge >= 0.3 is 0 Å². The minimum Gasteiger partial charge on any atom is -0.508 e. The largest absolute Gasteiger partial charge is 0.508 e. The number of carbonyl (C=O) groups is 2. The van der Waals surface area contributed by atoms with Gasteiger partial charge in [-0.3, -0.25) is 9.59 Å². The zero-order chi connectivity index (χ0) is 25.4. The number of hydrogen-bond donors (Lipinski definition) is 2. The Hall–Kier alpha value is -3.98. The fourth-order valence-corrected chi connectivity index (χ4v) is 4.26. The molecule has 2 heterocycles. The molecule has 0 saturated heterocycles. The van der Waals surface area contributed by atoms with Crippen LogP contribution < -0.4 is 9.47 Å². The van der Waals surface area contributed by atoms with Gasteiger partial charge in [-0.25, -0.2) is 0 Å². The third-order valence-corrected chi connectivity index (χ3v) is 5.92. The van der Waals surface area contributed by atoms with E-state index >= 15 is 0 Å². The number of nitrogens with zero attached hydrogens (tertiary/aromatic N) is 3. The van der Waals surface area contributed by atoms with E-state index in [4.69, 9.17) is 9.47 Å². The zero-order valence-corrected chi connectivity index (χ0v) is 20.5. The SMILES string of the molecule is COc1ccc2c(c1)c(/C=C1\Oc3cc(O)cc(O)c3C1=O)c(C(=O)N(C)C)n2CCCN(C)C. The van der Waals surface area contributed by atoms with E-state index in [1.54, 1.807) is 21.2 Å². The first kappa shape index (κ1) is 24.2. The van der Waals surface area contributed by atoms with Gasteiger partial charge in [-0.15, -0.1) is 0 Å². The second-order valence-electron chi connectivity index (χ2n) is 8.93. The summed E-state index contributed by atoms with van der Waals surface area (Å²) in [6.07, 6.45) is 2.33. The molecular formula is C26H29N3O6. The molecule has 1 aromatic heterocycles. The van der Waals surface area contributed by atoms with Crippen LogP contribution in [0.2, 0.25) is 0 Å². The van der Waals surface area contributed by atoms with Crippen LogP contribution in [0.3, 0.4) is 0 Å². The number of fused-ring (bicyclic) bond motifs is 2. The number of hydrogen-bond acceptors (Lipinski definition) is 7. The molecule has 9 nitrogen and oxygen atoms in total. The number of carbonyl (C=O) groups excluding carboxylic acids is 2. The highest BCUT2D eigenvalue weighted by molar-refractivity contribution is 6.17. The van der Waals surface area contributed by atoms with Gasteiger partial charge in [0.2, 0.25) is 5.78 Å². The topological polar surface area (TPSA) is 104 Å². The number of benzene rings is 2. The third-order valence-electron chi connectivity index (χ3n) is 5.92. The van der Waals surface area contributed by atoms with Gasteiger partial charge in [0.05, 0.1) is 7.11 Å². The van der Waals surface area contributed by atoms with Crippen molar-refractivity contribution in [2.75, 3.05) is 41.8 Å². The van der Waals surface area contributed by atoms with Crippen molar-refractivity contribution in [3.63, 3.8) is 0 Å². The fourth-order valence-electron chi connectivity index (χ4n) is 4.26. The van der Waals surface area contributed by atoms with E-state index in [1.807, 2.05) is 36.9 Å². The van der Waals surface area contributed by atoms with Crippen molar-refractivity contribution >= 4 is 28.7 Å². The molecule has 3 aromatic rings. The predicted octanol–water partition coefficient (Wildman–Crippen LogP) is 3.33. The molecule has 1 aliphatic heterocycles. The molecule has 1 aliphatic rings. The van der Waals surface area contributed by atoms with Gasteiger partial charge in [0, 0.05) is 49.2 Å². The number of amides is 1. The van der Waals surface area contributed by atoms with Crippen molar-refractivity contribution in [1.29, 1.82) is 0 Å². The molecule has 2 aromatic carbocycles. The summed E-state index contributed by atoms with van der Waals surface area (Å²) in [5, 5.41) is 20.7. The maximum atomic E-state index is 13.4. The van der Waals surface area contributed by atoms with Crippen molar-refractivity contribution in [3.8, 4) is 23.0 Å². The molecule has 184 valence electrons. The van der Waals surface area contributed by atoms with Crippen molar-refractivity contribution < 1.29 is 29.3 Å². The monoisotopic (exact) mass is 479 g/mol. The lowest BCUT2D eigenvalue weighted by Crippen LogP contribution is -2.26. The molecule has 0 unspecified atom stereocenters. The number of rotatable bonds is 7. The van der Waals surface area contributed by atoms with Crippen LogP contribution in [-0.2, 0) is 6.54 Å². The highest BCUT2D eigenvalue weighted by Gasteiger charge is 2.33. The van der Waals surface area contributed by atoms with E-state index in [0.717, 1.165) is 29.9 Å². The number of aromatic hydroxyl groups is 2. The van der Waals surface area contributed by atoms with Crippen LogP contribution in [0.25, 0.3) is 17.0 Å². The van der Waals surface area contributed by atoms with Gasteiger partial charge in [0.1, 0.15) is 34.3 Å². The fraction of sp³-hybridized carbons (Fsp3) is 0.308. The smallest absolute Gasteiger partial charge is 0.270 e. The normalized spacial score (nSPS) is 14.0. The first-order valence-corrected chi connectivity index (χ1v) is 11.2. The quantitative estimate of drug-likeness (QED) is 0.501. The Balaban J connectivity index is 1.94.